The monoisotopic (exact) mass is 268 g/mol. The molecule has 0 rings (SSSR count). The minimum absolute atomic E-state index is 0. The zero-order valence-electron chi connectivity index (χ0n) is 4.88. The Morgan fingerprint density at radius 2 is 1.00 bits per heavy atom. The zero-order valence-corrected chi connectivity index (χ0v) is 10.6. The first-order chi connectivity index (χ1) is 2.91. The largest absolute Gasteiger partial charge is 0.396 e. The molecule has 8 heavy (non-hydrogen) atoms. The molecule has 0 fully saturated rings. The molecule has 44 valence electrons. The van der Waals surface area contributed by atoms with Crippen LogP contribution in [0.25, 0.3) is 0 Å². The van der Waals surface area contributed by atoms with Crippen LogP contribution in [0.15, 0.2) is 0 Å². The van der Waals surface area contributed by atoms with E-state index in [1.54, 1.807) is 0 Å². The topological polar surface area (TPSA) is 40.5 Å². The van der Waals surface area contributed by atoms with Crippen LogP contribution in [0.4, 0.5) is 0 Å². The van der Waals surface area contributed by atoms with E-state index in [9.17, 15) is 0 Å². The van der Waals surface area contributed by atoms with Crippen molar-refractivity contribution in [2.45, 2.75) is 12.8 Å². The Kier molecular flexibility index (Phi) is 33.3. The SMILES string of the molecule is OCCCCO.[Y].[Y]. The summed E-state index contributed by atoms with van der Waals surface area (Å²) in [4.78, 5) is 0. The number of hydrogen-bond acceptors (Lipinski definition) is 2. The second-order valence-electron chi connectivity index (χ2n) is 1.15. The van der Waals surface area contributed by atoms with Crippen LogP contribution in [0.3, 0.4) is 0 Å². The molecule has 2 nitrogen and oxygen atoms in total. The van der Waals surface area contributed by atoms with Crippen molar-refractivity contribution in [3.63, 3.8) is 0 Å². The summed E-state index contributed by atoms with van der Waals surface area (Å²) in [6.45, 7) is 0.390. The van der Waals surface area contributed by atoms with E-state index < -0.39 is 0 Å². The minimum atomic E-state index is 0. The van der Waals surface area contributed by atoms with Gasteiger partial charge in [0.1, 0.15) is 0 Å². The van der Waals surface area contributed by atoms with Crippen molar-refractivity contribution in [3.8, 4) is 0 Å². The molecule has 0 spiro atoms. The van der Waals surface area contributed by atoms with Gasteiger partial charge in [0.2, 0.25) is 0 Å². The fraction of sp³-hybridized carbons (Fsp3) is 1.00. The number of hydrogen-bond donors (Lipinski definition) is 2. The average Bonchev–Trinajstić information content (AvgIpc) is 1.61. The fourth-order valence-electron chi connectivity index (χ4n) is 0.224. The standard InChI is InChI=1S/C4H10O2.2Y/c5-3-1-2-4-6;;/h5-6H,1-4H2;;. The van der Waals surface area contributed by atoms with Gasteiger partial charge in [0.15, 0.2) is 0 Å². The first kappa shape index (κ1) is 16.6. The van der Waals surface area contributed by atoms with E-state index in [1.165, 1.54) is 0 Å². The van der Waals surface area contributed by atoms with Crippen LogP contribution >= 0.6 is 0 Å². The third kappa shape index (κ3) is 15.7. The van der Waals surface area contributed by atoms with Gasteiger partial charge in [-0.25, -0.2) is 0 Å². The molecule has 0 aromatic heterocycles. The van der Waals surface area contributed by atoms with Crippen LogP contribution in [-0.4, -0.2) is 23.4 Å². The van der Waals surface area contributed by atoms with E-state index in [2.05, 4.69) is 0 Å². The molecule has 0 saturated heterocycles. The maximum atomic E-state index is 8.09. The number of rotatable bonds is 3. The third-order valence-electron chi connectivity index (χ3n) is 0.566. The summed E-state index contributed by atoms with van der Waals surface area (Å²) in [7, 11) is 0. The molecule has 0 aromatic rings. The number of unbranched alkanes of at least 4 members (excludes halogenated alkanes) is 1. The Labute approximate surface area is 100 Å². The van der Waals surface area contributed by atoms with Gasteiger partial charge in [-0.3, -0.25) is 0 Å². The molecule has 0 aromatic carbocycles. The molecule has 0 aliphatic rings. The molecule has 0 heterocycles. The Bertz CT molecular complexity index is 24.0. The summed E-state index contributed by atoms with van der Waals surface area (Å²) in [5.74, 6) is 0. The van der Waals surface area contributed by atoms with Gasteiger partial charge in [-0.1, -0.05) is 0 Å². The van der Waals surface area contributed by atoms with Crippen molar-refractivity contribution in [1.82, 2.24) is 0 Å². The fourth-order valence-corrected chi connectivity index (χ4v) is 0.224. The predicted molar refractivity (Wildman–Crippen MR) is 23.4 cm³/mol. The molecular formula is C4H10O2Y2. The van der Waals surface area contributed by atoms with E-state index in [1.807, 2.05) is 0 Å². The quantitative estimate of drug-likeness (QED) is 0.693. The van der Waals surface area contributed by atoms with Crippen molar-refractivity contribution in [1.29, 1.82) is 0 Å². The predicted octanol–water partition coefficient (Wildman–Crippen LogP) is -0.254. The van der Waals surface area contributed by atoms with Crippen LogP contribution < -0.4 is 0 Å². The first-order valence-electron chi connectivity index (χ1n) is 2.13. The second kappa shape index (κ2) is 16.1. The van der Waals surface area contributed by atoms with Gasteiger partial charge in [-0.15, -0.1) is 0 Å². The molecule has 4 heteroatoms. The van der Waals surface area contributed by atoms with Crippen LogP contribution in [0.2, 0.25) is 0 Å². The Hall–Kier alpha value is 2.13. The molecule has 0 unspecified atom stereocenters. The molecule has 2 N–H and O–H groups in total. The number of aliphatic hydroxyl groups is 2. The summed E-state index contributed by atoms with van der Waals surface area (Å²) in [6.07, 6.45) is 1.44. The van der Waals surface area contributed by atoms with Crippen molar-refractivity contribution < 1.29 is 75.6 Å². The summed E-state index contributed by atoms with van der Waals surface area (Å²) >= 11 is 0. The second-order valence-corrected chi connectivity index (χ2v) is 1.15. The van der Waals surface area contributed by atoms with Crippen molar-refractivity contribution in [2.24, 2.45) is 0 Å². The van der Waals surface area contributed by atoms with E-state index >= 15 is 0 Å². The molecule has 0 aliphatic carbocycles. The van der Waals surface area contributed by atoms with Gasteiger partial charge < -0.3 is 10.2 Å². The molecule has 0 amide bonds. The van der Waals surface area contributed by atoms with Crippen LogP contribution in [0.5, 0.6) is 0 Å². The summed E-state index contributed by atoms with van der Waals surface area (Å²) in [5.41, 5.74) is 0. The molecular weight excluding hydrogens is 258 g/mol. The Balaban J connectivity index is -0.000000125. The van der Waals surface area contributed by atoms with Gasteiger partial charge in [0.25, 0.3) is 0 Å². The van der Waals surface area contributed by atoms with Crippen LogP contribution in [-0.2, 0) is 65.4 Å². The maximum absolute atomic E-state index is 8.09. The third-order valence-corrected chi connectivity index (χ3v) is 0.566. The Morgan fingerprint density at radius 1 is 0.750 bits per heavy atom. The number of aliphatic hydroxyl groups excluding tert-OH is 2. The molecule has 0 aliphatic heterocycles. The van der Waals surface area contributed by atoms with Crippen molar-refractivity contribution in [2.75, 3.05) is 13.2 Å². The smallest absolute Gasteiger partial charge is 0.0431 e. The molecule has 2 radical (unpaired) electrons. The molecule has 0 saturated carbocycles. The summed E-state index contributed by atoms with van der Waals surface area (Å²) in [6, 6.07) is 0. The van der Waals surface area contributed by atoms with E-state index in [4.69, 9.17) is 10.2 Å². The van der Waals surface area contributed by atoms with Gasteiger partial charge in [0, 0.05) is 78.6 Å². The normalized spacial score (nSPS) is 6.75. The van der Waals surface area contributed by atoms with Crippen LogP contribution in [0.1, 0.15) is 12.8 Å². The average molecular weight is 268 g/mol. The minimum Gasteiger partial charge on any atom is -0.396 e. The van der Waals surface area contributed by atoms with Crippen molar-refractivity contribution >= 4 is 0 Å². The van der Waals surface area contributed by atoms with Gasteiger partial charge in [0.05, 0.1) is 0 Å². The zero-order chi connectivity index (χ0) is 4.83. The molecule has 0 bridgehead atoms. The maximum Gasteiger partial charge on any atom is 0.0431 e. The summed E-state index contributed by atoms with van der Waals surface area (Å²) in [5, 5.41) is 16.2. The Morgan fingerprint density at radius 3 is 1.12 bits per heavy atom. The van der Waals surface area contributed by atoms with E-state index in [0.29, 0.717) is 0 Å². The van der Waals surface area contributed by atoms with Crippen molar-refractivity contribution in [3.05, 3.63) is 0 Å². The first-order valence-corrected chi connectivity index (χ1v) is 2.13. The van der Waals surface area contributed by atoms with Gasteiger partial charge in [-0.2, -0.15) is 0 Å². The summed E-state index contributed by atoms with van der Waals surface area (Å²) < 4.78 is 0. The van der Waals surface area contributed by atoms with Crippen LogP contribution in [0, 0.1) is 0 Å². The van der Waals surface area contributed by atoms with Gasteiger partial charge >= 0.3 is 0 Å². The van der Waals surface area contributed by atoms with Gasteiger partial charge in [-0.05, 0) is 12.8 Å². The van der Waals surface area contributed by atoms with E-state index in [-0.39, 0.29) is 78.6 Å². The molecule has 0 atom stereocenters. The van der Waals surface area contributed by atoms with E-state index in [0.717, 1.165) is 12.8 Å².